The van der Waals surface area contributed by atoms with E-state index in [0.29, 0.717) is 25.3 Å². The third-order valence-corrected chi connectivity index (χ3v) is 4.90. The topological polar surface area (TPSA) is 74.7 Å². The smallest absolute Gasteiger partial charge is 0.338 e. The predicted octanol–water partition coefficient (Wildman–Crippen LogP) is 3.14. The number of aromatic nitrogens is 1. The van der Waals surface area contributed by atoms with Gasteiger partial charge in [0.05, 0.1) is 12.2 Å². The van der Waals surface area contributed by atoms with Crippen LogP contribution < -0.4 is 10.4 Å². The predicted molar refractivity (Wildman–Crippen MR) is 87.6 cm³/mol. The number of rotatable bonds is 6. The largest absolute Gasteiger partial charge is 0.478 e. The van der Waals surface area contributed by atoms with Gasteiger partial charge in [-0.15, -0.1) is 0 Å². The van der Waals surface area contributed by atoms with Crippen molar-refractivity contribution in [2.24, 2.45) is 5.41 Å². The molecular formula is C16H19ClFN3O3. The van der Waals surface area contributed by atoms with E-state index in [4.69, 9.17) is 21.4 Å². The van der Waals surface area contributed by atoms with Gasteiger partial charge in [-0.3, -0.25) is 5.01 Å². The minimum atomic E-state index is -1.12. The van der Waals surface area contributed by atoms with Crippen molar-refractivity contribution in [2.45, 2.75) is 38.6 Å². The Morgan fingerprint density at radius 1 is 1.58 bits per heavy atom. The lowest BCUT2D eigenvalue weighted by molar-refractivity contribution is -0.0732. The number of nitrogens with one attached hydrogen (secondary N) is 1. The van der Waals surface area contributed by atoms with Gasteiger partial charge in [0.15, 0.2) is 0 Å². The van der Waals surface area contributed by atoms with E-state index in [-0.39, 0.29) is 22.4 Å². The molecule has 0 amide bonds. The fraction of sp³-hybridized carbons (Fsp3) is 0.500. The van der Waals surface area contributed by atoms with Gasteiger partial charge in [0.25, 0.3) is 0 Å². The Morgan fingerprint density at radius 2 is 2.33 bits per heavy atom. The molecule has 1 saturated carbocycles. The summed E-state index contributed by atoms with van der Waals surface area (Å²) in [6.45, 7) is 2.54. The first kappa shape index (κ1) is 17.1. The summed E-state index contributed by atoms with van der Waals surface area (Å²) in [5, 5.41) is 10.5. The molecule has 1 aromatic heterocycles. The van der Waals surface area contributed by atoms with Crippen LogP contribution in [0.25, 0.3) is 0 Å². The summed E-state index contributed by atoms with van der Waals surface area (Å²) < 4.78 is 19.0. The Balaban J connectivity index is 1.57. The van der Waals surface area contributed by atoms with Gasteiger partial charge in [-0.25, -0.2) is 14.2 Å². The molecule has 24 heavy (non-hydrogen) atoms. The van der Waals surface area contributed by atoms with Crippen LogP contribution in [-0.2, 0) is 4.74 Å². The fourth-order valence-corrected chi connectivity index (χ4v) is 3.23. The first-order valence-electron chi connectivity index (χ1n) is 7.82. The molecule has 0 saturated heterocycles. The second kappa shape index (κ2) is 6.66. The van der Waals surface area contributed by atoms with Crippen molar-refractivity contribution < 1.29 is 19.0 Å². The summed E-state index contributed by atoms with van der Waals surface area (Å²) in [4.78, 5) is 15.0. The number of anilines is 1. The third-order valence-electron chi connectivity index (χ3n) is 4.62. The van der Waals surface area contributed by atoms with Crippen molar-refractivity contribution in [1.29, 1.82) is 0 Å². The highest BCUT2D eigenvalue weighted by atomic mass is 35.5. The second-order valence-electron chi connectivity index (χ2n) is 6.24. The van der Waals surface area contributed by atoms with E-state index in [1.54, 1.807) is 17.3 Å². The molecule has 2 heterocycles. The van der Waals surface area contributed by atoms with Crippen molar-refractivity contribution in [3.63, 3.8) is 0 Å². The van der Waals surface area contributed by atoms with Gasteiger partial charge in [-0.1, -0.05) is 18.5 Å². The SMILES string of the molecule is CCC1(COC2C=CN(c3ccc(C(=O)O)c(Cl)n3)N2)CC(F)C1. The summed E-state index contributed by atoms with van der Waals surface area (Å²) in [5.41, 5.74) is 2.97. The van der Waals surface area contributed by atoms with Gasteiger partial charge in [-0.05, 0) is 42.9 Å². The molecule has 8 heteroatoms. The van der Waals surface area contributed by atoms with Crippen LogP contribution in [0.2, 0.25) is 5.15 Å². The number of hydrogen-bond acceptors (Lipinski definition) is 5. The molecule has 1 aliphatic carbocycles. The molecular weight excluding hydrogens is 337 g/mol. The highest BCUT2D eigenvalue weighted by Crippen LogP contribution is 2.46. The number of carboxylic acid groups (broad SMARTS) is 1. The number of ether oxygens (including phenoxy) is 1. The lowest BCUT2D eigenvalue weighted by Crippen LogP contribution is -2.45. The van der Waals surface area contributed by atoms with Crippen LogP contribution in [0, 0.1) is 5.41 Å². The quantitative estimate of drug-likeness (QED) is 0.764. The van der Waals surface area contributed by atoms with Crippen molar-refractivity contribution in [3.8, 4) is 0 Å². The van der Waals surface area contributed by atoms with E-state index in [1.165, 1.54) is 6.07 Å². The number of pyridine rings is 1. The molecule has 3 rings (SSSR count). The van der Waals surface area contributed by atoms with Crippen LogP contribution in [0.3, 0.4) is 0 Å². The van der Waals surface area contributed by atoms with Crippen LogP contribution in [0.1, 0.15) is 36.5 Å². The van der Waals surface area contributed by atoms with Crippen LogP contribution in [0.5, 0.6) is 0 Å². The Kier molecular flexibility index (Phi) is 4.76. The van der Waals surface area contributed by atoms with Crippen molar-refractivity contribution in [1.82, 2.24) is 10.4 Å². The number of carbonyl (C=O) groups is 1. The Bertz CT molecular complexity index is 664. The molecule has 0 bridgehead atoms. The molecule has 1 atom stereocenters. The zero-order valence-corrected chi connectivity index (χ0v) is 14.0. The molecule has 2 N–H and O–H groups in total. The molecule has 1 aromatic rings. The van der Waals surface area contributed by atoms with Gasteiger partial charge in [0.2, 0.25) is 0 Å². The van der Waals surface area contributed by atoms with Gasteiger partial charge in [0.1, 0.15) is 23.4 Å². The van der Waals surface area contributed by atoms with E-state index in [1.807, 2.05) is 6.08 Å². The number of alkyl halides is 1. The van der Waals surface area contributed by atoms with Crippen LogP contribution in [0.4, 0.5) is 10.2 Å². The minimum Gasteiger partial charge on any atom is -0.478 e. The maximum absolute atomic E-state index is 13.2. The Morgan fingerprint density at radius 3 is 2.92 bits per heavy atom. The molecule has 0 spiro atoms. The lowest BCUT2D eigenvalue weighted by Gasteiger charge is -2.43. The highest BCUT2D eigenvalue weighted by molar-refractivity contribution is 6.32. The van der Waals surface area contributed by atoms with E-state index >= 15 is 0 Å². The summed E-state index contributed by atoms with van der Waals surface area (Å²) in [7, 11) is 0. The molecule has 0 aromatic carbocycles. The average molecular weight is 356 g/mol. The molecule has 0 radical (unpaired) electrons. The second-order valence-corrected chi connectivity index (χ2v) is 6.60. The van der Waals surface area contributed by atoms with Gasteiger partial charge in [-0.2, -0.15) is 5.43 Å². The first-order chi connectivity index (χ1) is 11.4. The van der Waals surface area contributed by atoms with E-state index in [2.05, 4.69) is 17.3 Å². The normalized spacial score (nSPS) is 28.9. The van der Waals surface area contributed by atoms with Gasteiger partial charge in [0, 0.05) is 6.20 Å². The molecule has 1 aliphatic heterocycles. The number of hydrogen-bond donors (Lipinski definition) is 2. The minimum absolute atomic E-state index is 0.0490. The molecule has 6 nitrogen and oxygen atoms in total. The number of halogens is 2. The van der Waals surface area contributed by atoms with Crippen molar-refractivity contribution in [3.05, 3.63) is 35.1 Å². The molecule has 2 aliphatic rings. The fourth-order valence-electron chi connectivity index (χ4n) is 3.00. The Labute approximate surface area is 144 Å². The number of carboxylic acids is 1. The molecule has 1 fully saturated rings. The molecule has 130 valence electrons. The van der Waals surface area contributed by atoms with Crippen LogP contribution in [-0.4, -0.2) is 35.1 Å². The van der Waals surface area contributed by atoms with Crippen molar-refractivity contribution >= 4 is 23.4 Å². The van der Waals surface area contributed by atoms with E-state index in [9.17, 15) is 9.18 Å². The standard InChI is InChI=1S/C16H19ClFN3O3/c1-2-16(7-10(18)8-16)9-24-13-5-6-21(20-13)12-4-3-11(15(22)23)14(17)19-12/h3-6,10,13,20H,2,7-9H2,1H3,(H,22,23). The summed E-state index contributed by atoms with van der Waals surface area (Å²) >= 11 is 5.88. The average Bonchev–Trinajstić information content (AvgIpc) is 2.99. The Hall–Kier alpha value is -1.70. The lowest BCUT2D eigenvalue weighted by atomic mass is 9.66. The highest BCUT2D eigenvalue weighted by Gasteiger charge is 2.43. The maximum Gasteiger partial charge on any atom is 0.338 e. The molecule has 1 unspecified atom stereocenters. The zero-order valence-electron chi connectivity index (χ0n) is 13.2. The maximum atomic E-state index is 13.2. The van der Waals surface area contributed by atoms with Crippen LogP contribution in [0.15, 0.2) is 24.4 Å². The summed E-state index contributed by atoms with van der Waals surface area (Å²) in [5.74, 6) is -0.660. The third kappa shape index (κ3) is 3.38. The van der Waals surface area contributed by atoms with Crippen molar-refractivity contribution in [2.75, 3.05) is 11.6 Å². The number of nitrogens with zero attached hydrogens (tertiary/aromatic N) is 2. The summed E-state index contributed by atoms with van der Waals surface area (Å²) in [6, 6.07) is 2.96. The van der Waals surface area contributed by atoms with E-state index in [0.717, 1.165) is 6.42 Å². The zero-order chi connectivity index (χ0) is 17.3. The van der Waals surface area contributed by atoms with Gasteiger partial charge < -0.3 is 9.84 Å². The number of hydrazine groups is 1. The first-order valence-corrected chi connectivity index (χ1v) is 8.19. The summed E-state index contributed by atoms with van der Waals surface area (Å²) in [6.07, 6.45) is 4.50. The number of aromatic carboxylic acids is 1. The van der Waals surface area contributed by atoms with Crippen LogP contribution >= 0.6 is 11.6 Å². The van der Waals surface area contributed by atoms with E-state index < -0.39 is 12.1 Å². The monoisotopic (exact) mass is 355 g/mol. The van der Waals surface area contributed by atoms with Gasteiger partial charge >= 0.3 is 5.97 Å².